The quantitative estimate of drug-likeness (QED) is 0.689. The third-order valence-corrected chi connectivity index (χ3v) is 3.62. The minimum Gasteiger partial charge on any atom is -0.489 e. The van der Waals surface area contributed by atoms with Crippen molar-refractivity contribution in [1.82, 2.24) is 0 Å². The van der Waals surface area contributed by atoms with Crippen molar-refractivity contribution in [2.45, 2.75) is 12.5 Å². The first-order valence-corrected chi connectivity index (χ1v) is 5.69. The number of hydrogen-bond donors (Lipinski definition) is 2. The molecule has 0 radical (unpaired) electrons. The van der Waals surface area contributed by atoms with Crippen LogP contribution in [0.3, 0.4) is 0 Å². The van der Waals surface area contributed by atoms with E-state index in [1.54, 1.807) is 0 Å². The maximum atomic E-state index is 9.29. The van der Waals surface area contributed by atoms with Crippen LogP contribution in [0.5, 0.6) is 5.75 Å². The Bertz CT molecular complexity index is 408. The van der Waals surface area contributed by atoms with Crippen LogP contribution in [0.2, 0.25) is 0 Å². The van der Waals surface area contributed by atoms with Crippen LogP contribution in [0, 0.1) is 5.92 Å². The van der Waals surface area contributed by atoms with Gasteiger partial charge in [0, 0.05) is 30.8 Å². The fraction of sp³-hybridized carbons (Fsp3) is 0.500. The summed E-state index contributed by atoms with van der Waals surface area (Å²) in [4.78, 5) is 2.33. The van der Waals surface area contributed by atoms with Gasteiger partial charge in [0.1, 0.15) is 12.4 Å². The van der Waals surface area contributed by atoms with Crippen LogP contribution < -0.4 is 15.4 Å². The normalized spacial score (nSPS) is 27.2. The number of nitrogens with zero attached hydrogens (tertiary/aromatic N) is 1. The van der Waals surface area contributed by atoms with Gasteiger partial charge in [-0.1, -0.05) is 0 Å². The van der Waals surface area contributed by atoms with Crippen molar-refractivity contribution in [2.75, 3.05) is 30.4 Å². The Morgan fingerprint density at radius 3 is 3.19 bits per heavy atom. The van der Waals surface area contributed by atoms with Gasteiger partial charge in [0.05, 0.1) is 11.7 Å². The summed E-state index contributed by atoms with van der Waals surface area (Å²) in [6.07, 6.45) is 1.04. The van der Waals surface area contributed by atoms with Crippen LogP contribution >= 0.6 is 0 Å². The molecule has 0 aromatic heterocycles. The van der Waals surface area contributed by atoms with Gasteiger partial charge < -0.3 is 20.5 Å². The van der Waals surface area contributed by atoms with E-state index in [9.17, 15) is 5.11 Å². The second-order valence-corrected chi connectivity index (χ2v) is 4.53. The summed E-state index contributed by atoms with van der Waals surface area (Å²) in [5.74, 6) is 1.21. The molecule has 3 N–H and O–H groups in total. The number of nitrogen functional groups attached to an aromatic ring is 1. The summed E-state index contributed by atoms with van der Waals surface area (Å²) in [5.41, 5.74) is 7.58. The Morgan fingerprint density at radius 2 is 2.38 bits per heavy atom. The van der Waals surface area contributed by atoms with Crippen molar-refractivity contribution in [3.63, 3.8) is 0 Å². The third kappa shape index (κ3) is 1.33. The molecule has 0 saturated carbocycles. The smallest absolute Gasteiger partial charge is 0.144 e. The van der Waals surface area contributed by atoms with E-state index < -0.39 is 0 Å². The number of anilines is 2. The molecule has 1 saturated heterocycles. The zero-order chi connectivity index (χ0) is 11.1. The average molecular weight is 220 g/mol. The highest BCUT2D eigenvalue weighted by molar-refractivity contribution is 5.66. The van der Waals surface area contributed by atoms with Crippen LogP contribution in [0.4, 0.5) is 11.4 Å². The van der Waals surface area contributed by atoms with Crippen LogP contribution in [0.15, 0.2) is 18.2 Å². The summed E-state index contributed by atoms with van der Waals surface area (Å²) >= 11 is 0. The van der Waals surface area contributed by atoms with Gasteiger partial charge in [0.25, 0.3) is 0 Å². The number of rotatable bonds is 1. The molecule has 2 unspecified atom stereocenters. The lowest BCUT2D eigenvalue weighted by Crippen LogP contribution is -2.42. The van der Waals surface area contributed by atoms with Crippen molar-refractivity contribution in [3.8, 4) is 5.75 Å². The molecule has 4 nitrogen and oxygen atoms in total. The lowest BCUT2D eigenvalue weighted by atomic mass is 10.0. The summed E-state index contributed by atoms with van der Waals surface area (Å²) in [5, 5.41) is 9.29. The molecule has 1 fully saturated rings. The topological polar surface area (TPSA) is 58.7 Å². The molecule has 86 valence electrons. The molecule has 1 aromatic rings. The van der Waals surface area contributed by atoms with Crippen LogP contribution in [0.25, 0.3) is 0 Å². The SMILES string of the molecule is Nc1ccc2c(c1)OCC1C(CO)CCN21. The molecular formula is C12H16N2O2. The molecule has 2 heterocycles. The molecule has 2 aliphatic rings. The molecule has 0 amide bonds. The standard InChI is InChI=1S/C12H16N2O2/c13-9-1-2-10-12(5-9)16-7-11-8(6-15)3-4-14(10)11/h1-2,5,8,11,15H,3-4,6-7,13H2. The Hall–Kier alpha value is -1.42. The van der Waals surface area contributed by atoms with Crippen molar-refractivity contribution >= 4 is 11.4 Å². The van der Waals surface area contributed by atoms with Crippen LogP contribution in [0.1, 0.15) is 6.42 Å². The van der Waals surface area contributed by atoms with E-state index in [2.05, 4.69) is 4.90 Å². The average Bonchev–Trinajstić information content (AvgIpc) is 2.71. The number of aliphatic hydroxyl groups is 1. The van der Waals surface area contributed by atoms with Crippen LogP contribution in [-0.2, 0) is 0 Å². The highest BCUT2D eigenvalue weighted by atomic mass is 16.5. The second kappa shape index (κ2) is 3.56. The maximum absolute atomic E-state index is 9.29. The number of fused-ring (bicyclic) bond motifs is 3. The fourth-order valence-corrected chi connectivity index (χ4v) is 2.71. The van der Waals surface area contributed by atoms with Gasteiger partial charge in [0.15, 0.2) is 0 Å². The van der Waals surface area contributed by atoms with Gasteiger partial charge in [-0.2, -0.15) is 0 Å². The maximum Gasteiger partial charge on any atom is 0.144 e. The summed E-state index contributed by atoms with van der Waals surface area (Å²) in [7, 11) is 0. The largest absolute Gasteiger partial charge is 0.489 e. The van der Waals surface area contributed by atoms with Crippen molar-refractivity contribution in [2.24, 2.45) is 5.92 Å². The van der Waals surface area contributed by atoms with E-state index >= 15 is 0 Å². The number of benzene rings is 1. The van der Waals surface area contributed by atoms with E-state index in [1.165, 1.54) is 0 Å². The number of ether oxygens (including phenoxy) is 1. The summed E-state index contributed by atoms with van der Waals surface area (Å²) in [6.45, 7) is 1.90. The molecule has 2 aliphatic heterocycles. The predicted octanol–water partition coefficient (Wildman–Crippen LogP) is 0.848. The Balaban J connectivity index is 1.96. The van der Waals surface area contributed by atoms with Crippen LogP contribution in [-0.4, -0.2) is 30.9 Å². The fourth-order valence-electron chi connectivity index (χ4n) is 2.71. The Kier molecular flexibility index (Phi) is 2.17. The zero-order valence-corrected chi connectivity index (χ0v) is 9.10. The lowest BCUT2D eigenvalue weighted by molar-refractivity contribution is 0.178. The minimum atomic E-state index is 0.245. The first-order chi connectivity index (χ1) is 7.79. The van der Waals surface area contributed by atoms with Gasteiger partial charge in [-0.05, 0) is 18.6 Å². The molecule has 0 aliphatic carbocycles. The monoisotopic (exact) mass is 220 g/mol. The van der Waals surface area contributed by atoms with E-state index in [0.717, 1.165) is 30.1 Å². The molecule has 0 spiro atoms. The van der Waals surface area contributed by atoms with Crippen molar-refractivity contribution in [1.29, 1.82) is 0 Å². The van der Waals surface area contributed by atoms with Gasteiger partial charge in [-0.3, -0.25) is 0 Å². The van der Waals surface area contributed by atoms with E-state index in [4.69, 9.17) is 10.5 Å². The molecule has 2 atom stereocenters. The number of hydrogen-bond acceptors (Lipinski definition) is 4. The highest BCUT2D eigenvalue weighted by Gasteiger charge is 2.38. The van der Waals surface area contributed by atoms with Gasteiger partial charge >= 0.3 is 0 Å². The Morgan fingerprint density at radius 1 is 1.50 bits per heavy atom. The molecule has 16 heavy (non-hydrogen) atoms. The van der Waals surface area contributed by atoms with Crippen molar-refractivity contribution < 1.29 is 9.84 Å². The zero-order valence-electron chi connectivity index (χ0n) is 9.10. The summed E-state index contributed by atoms with van der Waals surface area (Å²) < 4.78 is 5.72. The van der Waals surface area contributed by atoms with Crippen molar-refractivity contribution in [3.05, 3.63) is 18.2 Å². The Labute approximate surface area is 94.6 Å². The first kappa shape index (κ1) is 9.78. The minimum absolute atomic E-state index is 0.245. The van der Waals surface area contributed by atoms with E-state index in [1.807, 2.05) is 18.2 Å². The second-order valence-electron chi connectivity index (χ2n) is 4.53. The predicted molar refractivity (Wildman–Crippen MR) is 62.7 cm³/mol. The van der Waals surface area contributed by atoms with Gasteiger partial charge in [-0.25, -0.2) is 0 Å². The van der Waals surface area contributed by atoms with E-state index in [-0.39, 0.29) is 6.61 Å². The lowest BCUT2D eigenvalue weighted by Gasteiger charge is -2.35. The van der Waals surface area contributed by atoms with Gasteiger partial charge in [0.2, 0.25) is 0 Å². The van der Waals surface area contributed by atoms with E-state index in [0.29, 0.717) is 18.6 Å². The molecule has 1 aromatic carbocycles. The molecular weight excluding hydrogens is 204 g/mol. The number of aliphatic hydroxyl groups excluding tert-OH is 1. The van der Waals surface area contributed by atoms with Gasteiger partial charge in [-0.15, -0.1) is 0 Å². The third-order valence-electron chi connectivity index (χ3n) is 3.62. The highest BCUT2D eigenvalue weighted by Crippen LogP contribution is 2.40. The number of nitrogens with two attached hydrogens (primary N) is 1. The summed E-state index contributed by atoms with van der Waals surface area (Å²) in [6, 6.07) is 6.10. The molecule has 0 bridgehead atoms. The molecule has 3 rings (SSSR count). The molecule has 4 heteroatoms. The first-order valence-electron chi connectivity index (χ1n) is 5.69.